The van der Waals surface area contributed by atoms with Gasteiger partial charge in [0, 0.05) is 17.5 Å². The minimum atomic E-state index is 0.866. The van der Waals surface area contributed by atoms with Crippen molar-refractivity contribution in [3.63, 3.8) is 0 Å². The Morgan fingerprint density at radius 1 is 1.11 bits per heavy atom. The molecule has 0 saturated carbocycles. The van der Waals surface area contributed by atoms with Crippen molar-refractivity contribution in [3.05, 3.63) is 52.3 Å². The highest BCUT2D eigenvalue weighted by Gasteiger charge is 2.08. The zero-order chi connectivity index (χ0) is 13.3. The molecule has 1 aromatic carbocycles. The molecule has 0 bridgehead atoms. The van der Waals surface area contributed by atoms with E-state index in [9.17, 15) is 0 Å². The molecule has 0 N–H and O–H groups in total. The number of hydrogen-bond donors (Lipinski definition) is 0. The summed E-state index contributed by atoms with van der Waals surface area (Å²) < 4.78 is 7.73. The second-order valence-corrected chi connectivity index (χ2v) is 4.97. The summed E-state index contributed by atoms with van der Waals surface area (Å²) in [6.07, 6.45) is 2.21. The summed E-state index contributed by atoms with van der Waals surface area (Å²) in [6, 6.07) is 6.33. The van der Waals surface area contributed by atoms with Crippen molar-refractivity contribution in [1.29, 1.82) is 0 Å². The third-order valence-corrected chi connectivity index (χ3v) is 3.69. The first-order valence-corrected chi connectivity index (χ1v) is 6.29. The van der Waals surface area contributed by atoms with E-state index in [2.05, 4.69) is 50.6 Å². The van der Waals surface area contributed by atoms with Crippen LogP contribution in [-0.4, -0.2) is 11.7 Å². The van der Waals surface area contributed by atoms with E-state index in [1.807, 2.05) is 6.07 Å². The lowest BCUT2D eigenvalue weighted by atomic mass is 10.1. The molecule has 0 aliphatic carbocycles. The maximum absolute atomic E-state index is 5.44. The Morgan fingerprint density at radius 3 is 2.39 bits per heavy atom. The summed E-state index contributed by atoms with van der Waals surface area (Å²) in [7, 11) is 1.73. The van der Waals surface area contributed by atoms with Gasteiger partial charge in [-0.15, -0.1) is 0 Å². The summed E-state index contributed by atoms with van der Waals surface area (Å²) in [6.45, 7) is 9.49. The SMILES string of the molecule is COc1ccc(C)cc1Cn1cc(C)c(C)c1C. The van der Waals surface area contributed by atoms with E-state index in [1.165, 1.54) is 27.9 Å². The Labute approximate surface area is 109 Å². The van der Waals surface area contributed by atoms with Gasteiger partial charge in [-0.25, -0.2) is 0 Å². The van der Waals surface area contributed by atoms with Crippen molar-refractivity contribution in [2.24, 2.45) is 0 Å². The van der Waals surface area contributed by atoms with Gasteiger partial charge in [0.25, 0.3) is 0 Å². The molecule has 0 radical (unpaired) electrons. The molecule has 18 heavy (non-hydrogen) atoms. The lowest BCUT2D eigenvalue weighted by Gasteiger charge is -2.12. The van der Waals surface area contributed by atoms with Crippen LogP contribution in [0.5, 0.6) is 5.75 Å². The molecule has 1 aromatic heterocycles. The van der Waals surface area contributed by atoms with E-state index in [0.29, 0.717) is 0 Å². The topological polar surface area (TPSA) is 14.2 Å². The van der Waals surface area contributed by atoms with Crippen LogP contribution < -0.4 is 4.74 Å². The highest BCUT2D eigenvalue weighted by molar-refractivity contribution is 5.38. The molecule has 0 aliphatic heterocycles. The Hall–Kier alpha value is -1.70. The second-order valence-electron chi connectivity index (χ2n) is 4.97. The molecule has 2 rings (SSSR count). The molecule has 0 spiro atoms. The largest absolute Gasteiger partial charge is 0.496 e. The Balaban J connectivity index is 2.39. The van der Waals surface area contributed by atoms with Crippen LogP contribution >= 0.6 is 0 Å². The average Bonchev–Trinajstić information content (AvgIpc) is 2.57. The van der Waals surface area contributed by atoms with Gasteiger partial charge in [0.15, 0.2) is 0 Å². The molecular formula is C16H21NO. The second kappa shape index (κ2) is 4.89. The van der Waals surface area contributed by atoms with Crippen LogP contribution in [0.3, 0.4) is 0 Å². The fraction of sp³-hybridized carbons (Fsp3) is 0.375. The van der Waals surface area contributed by atoms with Gasteiger partial charge >= 0.3 is 0 Å². The molecule has 96 valence electrons. The quantitative estimate of drug-likeness (QED) is 0.800. The molecule has 0 fully saturated rings. The van der Waals surface area contributed by atoms with E-state index < -0.39 is 0 Å². The van der Waals surface area contributed by atoms with Gasteiger partial charge in [0.05, 0.1) is 13.7 Å². The van der Waals surface area contributed by atoms with Crippen molar-refractivity contribution in [2.45, 2.75) is 34.2 Å². The average molecular weight is 243 g/mol. The van der Waals surface area contributed by atoms with Crippen LogP contribution in [0.4, 0.5) is 0 Å². The Morgan fingerprint density at radius 2 is 1.83 bits per heavy atom. The van der Waals surface area contributed by atoms with Crippen molar-refractivity contribution >= 4 is 0 Å². The van der Waals surface area contributed by atoms with E-state index in [-0.39, 0.29) is 0 Å². The minimum absolute atomic E-state index is 0.866. The number of methoxy groups -OCH3 is 1. The van der Waals surface area contributed by atoms with Gasteiger partial charge in [-0.05, 0) is 44.9 Å². The number of aryl methyl sites for hydroxylation is 2. The molecule has 0 atom stereocenters. The number of rotatable bonds is 3. The van der Waals surface area contributed by atoms with Crippen LogP contribution in [0.25, 0.3) is 0 Å². The van der Waals surface area contributed by atoms with Gasteiger partial charge in [0.2, 0.25) is 0 Å². The van der Waals surface area contributed by atoms with Crippen molar-refractivity contribution in [1.82, 2.24) is 4.57 Å². The molecule has 1 heterocycles. The molecule has 0 unspecified atom stereocenters. The van der Waals surface area contributed by atoms with Crippen LogP contribution in [-0.2, 0) is 6.54 Å². The lowest BCUT2D eigenvalue weighted by Crippen LogP contribution is -2.03. The fourth-order valence-corrected chi connectivity index (χ4v) is 2.31. The van der Waals surface area contributed by atoms with Crippen LogP contribution in [0.1, 0.15) is 27.9 Å². The third kappa shape index (κ3) is 2.28. The maximum Gasteiger partial charge on any atom is 0.123 e. The van der Waals surface area contributed by atoms with Gasteiger partial charge in [-0.2, -0.15) is 0 Å². The summed E-state index contributed by atoms with van der Waals surface area (Å²) in [5.74, 6) is 0.962. The normalized spacial score (nSPS) is 10.7. The molecular weight excluding hydrogens is 222 g/mol. The maximum atomic E-state index is 5.44. The van der Waals surface area contributed by atoms with E-state index >= 15 is 0 Å². The minimum Gasteiger partial charge on any atom is -0.496 e. The zero-order valence-corrected chi connectivity index (χ0v) is 11.9. The van der Waals surface area contributed by atoms with Crippen LogP contribution in [0.15, 0.2) is 24.4 Å². The van der Waals surface area contributed by atoms with E-state index in [4.69, 9.17) is 4.74 Å². The van der Waals surface area contributed by atoms with E-state index in [0.717, 1.165) is 12.3 Å². The van der Waals surface area contributed by atoms with Crippen molar-refractivity contribution < 1.29 is 4.74 Å². The summed E-state index contributed by atoms with van der Waals surface area (Å²) in [5.41, 5.74) is 6.55. The molecule has 0 aliphatic rings. The smallest absolute Gasteiger partial charge is 0.123 e. The van der Waals surface area contributed by atoms with E-state index in [1.54, 1.807) is 7.11 Å². The Bertz CT molecular complexity index is 567. The monoisotopic (exact) mass is 243 g/mol. The first-order valence-electron chi connectivity index (χ1n) is 6.29. The first kappa shape index (κ1) is 12.7. The molecule has 0 saturated heterocycles. The fourth-order valence-electron chi connectivity index (χ4n) is 2.31. The molecule has 2 heteroatoms. The number of ether oxygens (including phenoxy) is 1. The molecule has 0 amide bonds. The first-order chi connectivity index (χ1) is 8.52. The van der Waals surface area contributed by atoms with Gasteiger partial charge < -0.3 is 9.30 Å². The number of aromatic nitrogens is 1. The van der Waals surface area contributed by atoms with Gasteiger partial charge in [-0.1, -0.05) is 17.7 Å². The predicted octanol–water partition coefficient (Wildman–Crippen LogP) is 3.78. The van der Waals surface area contributed by atoms with Crippen LogP contribution in [0, 0.1) is 27.7 Å². The summed E-state index contributed by atoms with van der Waals surface area (Å²) in [5, 5.41) is 0. The highest BCUT2D eigenvalue weighted by Crippen LogP contribution is 2.23. The molecule has 2 nitrogen and oxygen atoms in total. The zero-order valence-electron chi connectivity index (χ0n) is 11.9. The van der Waals surface area contributed by atoms with Crippen LogP contribution in [0.2, 0.25) is 0 Å². The Kier molecular flexibility index (Phi) is 3.46. The molecule has 2 aromatic rings. The third-order valence-electron chi connectivity index (χ3n) is 3.69. The number of nitrogens with zero attached hydrogens (tertiary/aromatic N) is 1. The van der Waals surface area contributed by atoms with Crippen molar-refractivity contribution in [2.75, 3.05) is 7.11 Å². The summed E-state index contributed by atoms with van der Waals surface area (Å²) >= 11 is 0. The standard InChI is InChI=1S/C16H21NO/c1-11-6-7-16(18-5)15(8-11)10-17-9-12(2)13(3)14(17)4/h6-9H,10H2,1-5H3. The van der Waals surface area contributed by atoms with Gasteiger partial charge in [0.1, 0.15) is 5.75 Å². The predicted molar refractivity (Wildman–Crippen MR) is 75.5 cm³/mol. The number of benzene rings is 1. The van der Waals surface area contributed by atoms with Crippen molar-refractivity contribution in [3.8, 4) is 5.75 Å². The highest BCUT2D eigenvalue weighted by atomic mass is 16.5. The number of hydrogen-bond acceptors (Lipinski definition) is 1. The lowest BCUT2D eigenvalue weighted by molar-refractivity contribution is 0.408. The summed E-state index contributed by atoms with van der Waals surface area (Å²) in [4.78, 5) is 0. The van der Waals surface area contributed by atoms with Gasteiger partial charge in [-0.3, -0.25) is 0 Å².